The van der Waals surface area contributed by atoms with Crippen LogP contribution in [0.2, 0.25) is 0 Å². The van der Waals surface area contributed by atoms with E-state index in [0.29, 0.717) is 61.7 Å². The Morgan fingerprint density at radius 1 is 0.861 bits per heavy atom. The maximum absolute atomic E-state index is 13.1. The number of aliphatic hydroxyl groups is 1. The molecule has 1 aliphatic rings. The molecule has 36 heavy (non-hydrogen) atoms. The standard InChI is InChI=1S/C24H21F6N3O2S/c25-23(26,27)22(35,24(28,29)30)19-7-5-18(6-8-19)17-3-1-16(2-4-17)13-32-9-11-33(12-10-32)21(34)20-14-36-15-31-20/h1-8,14-15,35H,9-13H2. The molecule has 0 aliphatic carbocycles. The average Bonchev–Trinajstić information content (AvgIpc) is 3.38. The fourth-order valence-electron chi connectivity index (χ4n) is 4.04. The highest BCUT2D eigenvalue weighted by atomic mass is 32.1. The highest BCUT2D eigenvalue weighted by Gasteiger charge is 2.71. The molecule has 0 bridgehead atoms. The van der Waals surface area contributed by atoms with Gasteiger partial charge in [0.1, 0.15) is 5.69 Å². The van der Waals surface area contributed by atoms with Gasteiger partial charge in [-0.15, -0.1) is 11.3 Å². The molecule has 1 aliphatic heterocycles. The molecular weight excluding hydrogens is 508 g/mol. The number of carbonyl (C=O) groups is 1. The quantitative estimate of drug-likeness (QED) is 0.469. The van der Waals surface area contributed by atoms with E-state index in [1.807, 2.05) is 12.1 Å². The number of halogens is 6. The molecule has 0 atom stereocenters. The lowest BCUT2D eigenvalue weighted by atomic mass is 9.90. The van der Waals surface area contributed by atoms with Gasteiger partial charge in [0.2, 0.25) is 0 Å². The molecule has 3 aromatic rings. The zero-order chi connectivity index (χ0) is 26.1. The number of hydrogen-bond donors (Lipinski definition) is 1. The second-order valence-corrected chi connectivity index (χ2v) is 9.14. The zero-order valence-electron chi connectivity index (χ0n) is 18.7. The second-order valence-electron chi connectivity index (χ2n) is 8.42. The maximum Gasteiger partial charge on any atom is 0.430 e. The number of nitrogens with zero attached hydrogens (tertiary/aromatic N) is 3. The second kappa shape index (κ2) is 9.83. The van der Waals surface area contributed by atoms with Crippen LogP contribution in [0.25, 0.3) is 11.1 Å². The van der Waals surface area contributed by atoms with Crippen molar-refractivity contribution in [2.45, 2.75) is 24.5 Å². The minimum atomic E-state index is -5.92. The third-order valence-corrected chi connectivity index (χ3v) is 6.71. The van der Waals surface area contributed by atoms with Crippen LogP contribution in [0, 0.1) is 0 Å². The summed E-state index contributed by atoms with van der Waals surface area (Å²) in [5.41, 5.74) is -2.20. The maximum atomic E-state index is 13.1. The Hall–Kier alpha value is -2.96. The number of amides is 1. The van der Waals surface area contributed by atoms with Crippen LogP contribution < -0.4 is 0 Å². The number of benzene rings is 2. The molecule has 1 amide bonds. The van der Waals surface area contributed by atoms with E-state index in [2.05, 4.69) is 9.88 Å². The van der Waals surface area contributed by atoms with Gasteiger partial charge < -0.3 is 10.0 Å². The van der Waals surface area contributed by atoms with Crippen LogP contribution in [0.15, 0.2) is 59.4 Å². The highest BCUT2D eigenvalue weighted by molar-refractivity contribution is 7.07. The molecule has 0 saturated carbocycles. The minimum absolute atomic E-state index is 0.0878. The summed E-state index contributed by atoms with van der Waals surface area (Å²) in [4.78, 5) is 20.4. The molecule has 1 fully saturated rings. The van der Waals surface area contributed by atoms with Gasteiger partial charge in [-0.1, -0.05) is 48.5 Å². The molecular formula is C24H21F6N3O2S. The third-order valence-electron chi connectivity index (χ3n) is 6.13. The van der Waals surface area contributed by atoms with Gasteiger partial charge in [0.25, 0.3) is 11.5 Å². The van der Waals surface area contributed by atoms with Gasteiger partial charge in [0.05, 0.1) is 5.51 Å². The Labute approximate surface area is 206 Å². The summed E-state index contributed by atoms with van der Waals surface area (Å²) >= 11 is 1.37. The van der Waals surface area contributed by atoms with Gasteiger partial charge in [-0.25, -0.2) is 4.98 Å². The lowest BCUT2D eigenvalue weighted by Crippen LogP contribution is -2.53. The van der Waals surface area contributed by atoms with Crippen LogP contribution in [-0.2, 0) is 12.1 Å². The molecule has 0 radical (unpaired) electrons. The Bertz CT molecular complexity index is 1160. The average molecular weight is 530 g/mol. The van der Waals surface area contributed by atoms with E-state index >= 15 is 0 Å². The van der Waals surface area contributed by atoms with Crippen molar-refractivity contribution in [2.24, 2.45) is 0 Å². The van der Waals surface area contributed by atoms with Gasteiger partial charge in [-0.3, -0.25) is 9.69 Å². The van der Waals surface area contributed by atoms with Crippen LogP contribution in [0.4, 0.5) is 26.3 Å². The van der Waals surface area contributed by atoms with Crippen molar-refractivity contribution < 1.29 is 36.2 Å². The summed E-state index contributed by atoms with van der Waals surface area (Å²) in [5, 5.41) is 11.2. The van der Waals surface area contributed by atoms with Crippen LogP contribution in [-0.4, -0.2) is 64.3 Å². The molecule has 1 aromatic heterocycles. The summed E-state index contributed by atoms with van der Waals surface area (Å²) < 4.78 is 78.5. The van der Waals surface area contributed by atoms with E-state index in [9.17, 15) is 36.2 Å². The Kier molecular flexibility index (Phi) is 7.13. The highest BCUT2D eigenvalue weighted by Crippen LogP contribution is 2.50. The monoisotopic (exact) mass is 529 g/mol. The number of carbonyl (C=O) groups excluding carboxylic acids is 1. The van der Waals surface area contributed by atoms with Gasteiger partial charge in [-0.05, 0) is 16.7 Å². The van der Waals surface area contributed by atoms with Crippen molar-refractivity contribution >= 4 is 17.2 Å². The van der Waals surface area contributed by atoms with Crippen molar-refractivity contribution in [1.82, 2.24) is 14.8 Å². The Morgan fingerprint density at radius 2 is 1.39 bits per heavy atom. The lowest BCUT2D eigenvalue weighted by Gasteiger charge is -2.34. The molecule has 0 unspecified atom stereocenters. The fourth-order valence-corrected chi connectivity index (χ4v) is 4.57. The zero-order valence-corrected chi connectivity index (χ0v) is 19.5. The molecule has 12 heteroatoms. The summed E-state index contributed by atoms with van der Waals surface area (Å²) in [6, 6.07) is 10.6. The molecule has 0 spiro atoms. The number of hydrogen-bond acceptors (Lipinski definition) is 5. The van der Waals surface area contributed by atoms with E-state index in [1.165, 1.54) is 11.3 Å². The van der Waals surface area contributed by atoms with E-state index in [-0.39, 0.29) is 5.91 Å². The van der Waals surface area contributed by atoms with Crippen LogP contribution >= 0.6 is 11.3 Å². The van der Waals surface area contributed by atoms with E-state index < -0.39 is 23.5 Å². The van der Waals surface area contributed by atoms with Gasteiger partial charge in [-0.2, -0.15) is 26.3 Å². The van der Waals surface area contributed by atoms with Gasteiger partial charge >= 0.3 is 12.4 Å². The van der Waals surface area contributed by atoms with E-state index in [0.717, 1.165) is 17.7 Å². The van der Waals surface area contributed by atoms with Gasteiger partial charge in [0.15, 0.2) is 0 Å². The molecule has 1 N–H and O–H groups in total. The summed E-state index contributed by atoms with van der Waals surface area (Å²) in [6.45, 7) is 3.13. The Balaban J connectivity index is 1.39. The summed E-state index contributed by atoms with van der Waals surface area (Å²) in [5.74, 6) is -0.0878. The lowest BCUT2D eigenvalue weighted by molar-refractivity contribution is -0.376. The first kappa shape index (κ1) is 26.1. The van der Waals surface area contributed by atoms with Crippen molar-refractivity contribution in [1.29, 1.82) is 0 Å². The molecule has 2 heterocycles. The summed E-state index contributed by atoms with van der Waals surface area (Å²) in [6.07, 6.45) is -11.8. The fraction of sp³-hybridized carbons (Fsp3) is 0.333. The van der Waals surface area contributed by atoms with Crippen LogP contribution in [0.1, 0.15) is 21.6 Å². The minimum Gasteiger partial charge on any atom is -0.369 e. The normalized spacial score (nSPS) is 15.8. The van der Waals surface area contributed by atoms with Crippen molar-refractivity contribution in [3.05, 3.63) is 76.2 Å². The predicted octanol–water partition coefficient (Wildman–Crippen LogP) is 5.08. The topological polar surface area (TPSA) is 56.7 Å². The van der Waals surface area contributed by atoms with Crippen LogP contribution in [0.5, 0.6) is 0 Å². The number of thiazole rings is 1. The molecule has 2 aromatic carbocycles. The SMILES string of the molecule is O=C(c1cscn1)N1CCN(Cc2ccc(-c3ccc(C(O)(C(F)(F)F)C(F)(F)F)cc3)cc2)CC1. The van der Waals surface area contributed by atoms with E-state index in [4.69, 9.17) is 0 Å². The molecule has 5 nitrogen and oxygen atoms in total. The van der Waals surface area contributed by atoms with Crippen molar-refractivity contribution in [3.8, 4) is 11.1 Å². The van der Waals surface area contributed by atoms with E-state index in [1.54, 1.807) is 27.9 Å². The number of alkyl halides is 6. The smallest absolute Gasteiger partial charge is 0.369 e. The molecule has 4 rings (SSSR count). The number of rotatable bonds is 5. The molecule has 1 saturated heterocycles. The number of piperazine rings is 1. The largest absolute Gasteiger partial charge is 0.430 e. The van der Waals surface area contributed by atoms with Crippen LogP contribution in [0.3, 0.4) is 0 Å². The predicted molar refractivity (Wildman–Crippen MR) is 121 cm³/mol. The Morgan fingerprint density at radius 3 is 1.86 bits per heavy atom. The first-order valence-corrected chi connectivity index (χ1v) is 11.8. The van der Waals surface area contributed by atoms with Crippen molar-refractivity contribution in [3.63, 3.8) is 0 Å². The first-order chi connectivity index (χ1) is 16.9. The summed E-state index contributed by atoms with van der Waals surface area (Å²) in [7, 11) is 0. The first-order valence-electron chi connectivity index (χ1n) is 10.9. The van der Waals surface area contributed by atoms with Gasteiger partial charge in [0, 0.05) is 43.7 Å². The molecule has 192 valence electrons. The number of aromatic nitrogens is 1. The van der Waals surface area contributed by atoms with Crippen molar-refractivity contribution in [2.75, 3.05) is 26.2 Å². The third kappa shape index (κ3) is 5.11.